The van der Waals surface area contributed by atoms with E-state index in [9.17, 15) is 0 Å². The fraction of sp³-hybridized carbons (Fsp3) is 0.545. The molecule has 0 unspecified atom stereocenters. The zero-order chi connectivity index (χ0) is 11.1. The van der Waals surface area contributed by atoms with Gasteiger partial charge in [0.25, 0.3) is 0 Å². The van der Waals surface area contributed by atoms with Crippen molar-refractivity contribution in [2.75, 3.05) is 26.3 Å². The van der Waals surface area contributed by atoms with E-state index in [1.165, 1.54) is 5.56 Å². The second kappa shape index (κ2) is 4.15. The summed E-state index contributed by atoms with van der Waals surface area (Å²) in [7, 11) is 0. The average molecular weight is 259 g/mol. The minimum absolute atomic E-state index is 0.480. The van der Waals surface area contributed by atoms with Crippen LogP contribution in [0.5, 0.6) is 0 Å². The van der Waals surface area contributed by atoms with Crippen LogP contribution in [-0.4, -0.2) is 42.2 Å². The highest BCUT2D eigenvalue weighted by molar-refractivity contribution is 6.32. The van der Waals surface area contributed by atoms with Gasteiger partial charge in [0.1, 0.15) is 10.3 Å². The fourth-order valence-corrected chi connectivity index (χ4v) is 2.65. The number of hydrogen-bond acceptors (Lipinski definition) is 3. The monoisotopic (exact) mass is 258 g/mol. The Kier molecular flexibility index (Phi) is 2.80. The van der Waals surface area contributed by atoms with Crippen LogP contribution in [0.4, 0.5) is 0 Å². The van der Waals surface area contributed by atoms with Crippen LogP contribution in [0.25, 0.3) is 0 Å². The van der Waals surface area contributed by atoms with Gasteiger partial charge < -0.3 is 4.74 Å². The first-order valence-electron chi connectivity index (χ1n) is 5.37. The third kappa shape index (κ3) is 1.93. The van der Waals surface area contributed by atoms with E-state index in [4.69, 9.17) is 27.9 Å². The number of hydrogen-bond donors (Lipinski definition) is 0. The van der Waals surface area contributed by atoms with E-state index in [1.807, 2.05) is 12.1 Å². The smallest absolute Gasteiger partial charge is 0.131 e. The van der Waals surface area contributed by atoms with Gasteiger partial charge >= 0.3 is 0 Å². The van der Waals surface area contributed by atoms with Gasteiger partial charge in [-0.3, -0.25) is 4.90 Å². The lowest BCUT2D eigenvalue weighted by Crippen LogP contribution is -2.58. The molecule has 0 radical (unpaired) electrons. The van der Waals surface area contributed by atoms with Crippen molar-refractivity contribution in [3.8, 4) is 0 Å². The molecule has 86 valence electrons. The van der Waals surface area contributed by atoms with Crippen LogP contribution in [0, 0.1) is 0 Å². The van der Waals surface area contributed by atoms with Crippen LogP contribution in [0.1, 0.15) is 11.5 Å². The Bertz CT molecular complexity index is 383. The topological polar surface area (TPSA) is 25.4 Å². The maximum Gasteiger partial charge on any atom is 0.131 e. The Labute approximate surface area is 104 Å². The summed E-state index contributed by atoms with van der Waals surface area (Å²) in [5, 5.41) is 0.959. The Morgan fingerprint density at radius 1 is 1.19 bits per heavy atom. The average Bonchev–Trinajstić information content (AvgIpc) is 2.04. The van der Waals surface area contributed by atoms with Gasteiger partial charge in [-0.1, -0.05) is 23.2 Å². The molecular formula is C11H12Cl2N2O. The Hall–Kier alpha value is -0.350. The van der Waals surface area contributed by atoms with Crippen molar-refractivity contribution in [1.82, 2.24) is 9.88 Å². The standard InChI is InChI=1S/C11H12Cl2N2O/c12-10-1-7(2-11(13)14-10)8-3-15(4-8)9-5-16-6-9/h1-2,8-9H,3-6H2. The highest BCUT2D eigenvalue weighted by Gasteiger charge is 2.36. The van der Waals surface area contributed by atoms with Crippen molar-refractivity contribution in [2.45, 2.75) is 12.0 Å². The van der Waals surface area contributed by atoms with E-state index in [0.29, 0.717) is 22.3 Å². The quantitative estimate of drug-likeness (QED) is 0.761. The molecule has 0 aliphatic carbocycles. The first kappa shape index (κ1) is 10.8. The van der Waals surface area contributed by atoms with Crippen LogP contribution in [0.3, 0.4) is 0 Å². The maximum absolute atomic E-state index is 5.88. The third-order valence-electron chi connectivity index (χ3n) is 3.30. The molecular weight excluding hydrogens is 247 g/mol. The number of pyridine rings is 1. The van der Waals surface area contributed by atoms with Gasteiger partial charge in [0, 0.05) is 19.0 Å². The van der Waals surface area contributed by atoms with Crippen molar-refractivity contribution in [3.05, 3.63) is 28.0 Å². The summed E-state index contributed by atoms with van der Waals surface area (Å²) in [6, 6.07) is 4.45. The fourth-order valence-electron chi connectivity index (χ4n) is 2.17. The third-order valence-corrected chi connectivity index (χ3v) is 3.69. The van der Waals surface area contributed by atoms with Crippen molar-refractivity contribution in [2.24, 2.45) is 0 Å². The number of nitrogens with zero attached hydrogens (tertiary/aromatic N) is 2. The molecule has 2 saturated heterocycles. The Morgan fingerprint density at radius 3 is 2.31 bits per heavy atom. The molecule has 3 rings (SSSR count). The van der Waals surface area contributed by atoms with Crippen molar-refractivity contribution < 1.29 is 4.74 Å². The largest absolute Gasteiger partial charge is 0.378 e. The summed E-state index contributed by atoms with van der Waals surface area (Å²) in [6.45, 7) is 3.91. The predicted octanol–water partition coefficient (Wildman–Crippen LogP) is 2.19. The van der Waals surface area contributed by atoms with Crippen molar-refractivity contribution in [3.63, 3.8) is 0 Å². The van der Waals surface area contributed by atoms with E-state index in [-0.39, 0.29) is 0 Å². The second-order valence-corrected chi connectivity index (χ2v) is 5.16. The molecule has 0 saturated carbocycles. The first-order valence-corrected chi connectivity index (χ1v) is 6.13. The van der Waals surface area contributed by atoms with E-state index < -0.39 is 0 Å². The first-order chi connectivity index (χ1) is 7.72. The van der Waals surface area contributed by atoms with Gasteiger partial charge in [0.15, 0.2) is 0 Å². The molecule has 3 nitrogen and oxygen atoms in total. The number of rotatable bonds is 2. The lowest BCUT2D eigenvalue weighted by atomic mass is 9.90. The van der Waals surface area contributed by atoms with Crippen LogP contribution >= 0.6 is 23.2 Å². The summed E-state index contributed by atoms with van der Waals surface area (Å²) in [6.07, 6.45) is 0. The molecule has 2 aliphatic heterocycles. The number of aromatic nitrogens is 1. The minimum atomic E-state index is 0.480. The van der Waals surface area contributed by atoms with Gasteiger partial charge in [-0.05, 0) is 17.7 Å². The number of ether oxygens (including phenoxy) is 1. The molecule has 1 aromatic rings. The van der Waals surface area contributed by atoms with E-state index in [1.54, 1.807) is 0 Å². The summed E-state index contributed by atoms with van der Waals surface area (Å²) in [4.78, 5) is 6.39. The Morgan fingerprint density at radius 2 is 1.81 bits per heavy atom. The van der Waals surface area contributed by atoms with Gasteiger partial charge in [0.05, 0.1) is 19.3 Å². The van der Waals surface area contributed by atoms with Crippen molar-refractivity contribution >= 4 is 23.2 Å². The lowest BCUT2D eigenvalue weighted by Gasteiger charge is -2.47. The SMILES string of the molecule is Clc1cc(C2CN(C3COC3)C2)cc(Cl)n1. The molecule has 0 aromatic carbocycles. The lowest BCUT2D eigenvalue weighted by molar-refractivity contribution is -0.0906. The van der Waals surface area contributed by atoms with Crippen LogP contribution in [0.2, 0.25) is 10.3 Å². The van der Waals surface area contributed by atoms with Gasteiger partial charge in [-0.2, -0.15) is 0 Å². The molecule has 0 spiro atoms. The minimum Gasteiger partial charge on any atom is -0.378 e. The molecule has 0 bridgehead atoms. The van der Waals surface area contributed by atoms with Crippen LogP contribution < -0.4 is 0 Å². The second-order valence-electron chi connectivity index (χ2n) is 4.39. The summed E-state index contributed by atoms with van der Waals surface area (Å²) in [5.74, 6) is 0.540. The molecule has 2 fully saturated rings. The molecule has 0 amide bonds. The molecule has 0 atom stereocenters. The molecule has 0 N–H and O–H groups in total. The summed E-state index contributed by atoms with van der Waals surface area (Å²) >= 11 is 11.8. The normalized spacial score (nSPS) is 22.9. The van der Waals surface area contributed by atoms with Crippen LogP contribution in [0.15, 0.2) is 12.1 Å². The van der Waals surface area contributed by atoms with E-state index in [2.05, 4.69) is 9.88 Å². The Balaban J connectivity index is 1.66. The van der Waals surface area contributed by atoms with E-state index in [0.717, 1.165) is 26.3 Å². The molecule has 2 aliphatic rings. The number of likely N-dealkylation sites (tertiary alicyclic amines) is 1. The summed E-state index contributed by atoms with van der Waals surface area (Å²) in [5.41, 5.74) is 1.20. The highest BCUT2D eigenvalue weighted by atomic mass is 35.5. The zero-order valence-electron chi connectivity index (χ0n) is 8.70. The molecule has 1 aromatic heterocycles. The van der Waals surface area contributed by atoms with Crippen molar-refractivity contribution in [1.29, 1.82) is 0 Å². The predicted molar refractivity (Wildman–Crippen MR) is 63.2 cm³/mol. The number of halogens is 2. The van der Waals surface area contributed by atoms with Gasteiger partial charge in [-0.25, -0.2) is 4.98 Å². The van der Waals surface area contributed by atoms with Gasteiger partial charge in [-0.15, -0.1) is 0 Å². The molecule has 16 heavy (non-hydrogen) atoms. The molecule has 5 heteroatoms. The summed E-state index contributed by atoms with van der Waals surface area (Å²) < 4.78 is 5.18. The van der Waals surface area contributed by atoms with Gasteiger partial charge in [0.2, 0.25) is 0 Å². The van der Waals surface area contributed by atoms with E-state index >= 15 is 0 Å². The maximum atomic E-state index is 5.88. The zero-order valence-corrected chi connectivity index (χ0v) is 10.2. The molecule has 3 heterocycles. The van der Waals surface area contributed by atoms with Crippen LogP contribution in [-0.2, 0) is 4.74 Å². The highest BCUT2D eigenvalue weighted by Crippen LogP contribution is 2.32.